The smallest absolute Gasteiger partial charge is 0.241 e. The molecule has 2 aromatic rings. The standard InChI is InChI=1S/C13H13F3N2O2S2/c14-13(15,16)22(19,20)18-7-5-9(6-8-18)12-17-10-3-1-2-4-11(10)21-12/h1-4,9H,5-8H2. The van der Waals surface area contributed by atoms with Gasteiger partial charge in [0.2, 0.25) is 0 Å². The van der Waals surface area contributed by atoms with Gasteiger partial charge in [0.25, 0.3) is 0 Å². The summed E-state index contributed by atoms with van der Waals surface area (Å²) in [5.74, 6) is 0.0112. The van der Waals surface area contributed by atoms with Crippen LogP contribution in [0.5, 0.6) is 0 Å². The topological polar surface area (TPSA) is 50.3 Å². The SMILES string of the molecule is O=S(=O)(N1CCC(c2nc3ccccc3s2)CC1)C(F)(F)F. The maximum Gasteiger partial charge on any atom is 0.511 e. The second-order valence-corrected chi connectivity index (χ2v) is 8.14. The highest BCUT2D eigenvalue weighted by Crippen LogP contribution is 2.36. The molecule has 4 nitrogen and oxygen atoms in total. The van der Waals surface area contributed by atoms with Crippen molar-refractivity contribution in [1.82, 2.24) is 9.29 Å². The predicted octanol–water partition coefficient (Wildman–Crippen LogP) is 3.33. The Morgan fingerprint density at radius 1 is 1.18 bits per heavy atom. The van der Waals surface area contributed by atoms with Crippen molar-refractivity contribution in [3.05, 3.63) is 29.3 Å². The van der Waals surface area contributed by atoms with Crippen LogP contribution in [0, 0.1) is 0 Å². The van der Waals surface area contributed by atoms with Gasteiger partial charge in [-0.25, -0.2) is 13.4 Å². The van der Waals surface area contributed by atoms with Crippen LogP contribution in [0.25, 0.3) is 10.2 Å². The number of hydrogen-bond donors (Lipinski definition) is 0. The van der Waals surface area contributed by atoms with E-state index in [1.54, 1.807) is 0 Å². The van der Waals surface area contributed by atoms with E-state index in [0.29, 0.717) is 17.1 Å². The number of alkyl halides is 3. The lowest BCUT2D eigenvalue weighted by Gasteiger charge is -2.30. The number of benzene rings is 1. The van der Waals surface area contributed by atoms with Gasteiger partial charge in [-0.1, -0.05) is 12.1 Å². The molecular formula is C13H13F3N2O2S2. The lowest BCUT2D eigenvalue weighted by Crippen LogP contribution is -2.44. The Hall–Kier alpha value is -1.19. The Morgan fingerprint density at radius 2 is 1.82 bits per heavy atom. The maximum atomic E-state index is 12.5. The van der Waals surface area contributed by atoms with Gasteiger partial charge >= 0.3 is 15.5 Å². The number of fused-ring (bicyclic) bond motifs is 1. The summed E-state index contributed by atoms with van der Waals surface area (Å²) >= 11 is 1.52. The predicted molar refractivity (Wildman–Crippen MR) is 78.1 cm³/mol. The van der Waals surface area contributed by atoms with E-state index in [1.165, 1.54) is 11.3 Å². The summed E-state index contributed by atoms with van der Waals surface area (Å²) in [7, 11) is -5.21. The number of halogens is 3. The van der Waals surface area contributed by atoms with Crippen molar-refractivity contribution in [1.29, 1.82) is 0 Å². The van der Waals surface area contributed by atoms with Gasteiger partial charge in [-0.3, -0.25) is 0 Å². The molecule has 1 aromatic carbocycles. The fourth-order valence-corrected chi connectivity index (χ4v) is 4.67. The van der Waals surface area contributed by atoms with E-state index in [0.717, 1.165) is 15.2 Å². The molecule has 1 fully saturated rings. The summed E-state index contributed by atoms with van der Waals surface area (Å²) in [6, 6.07) is 7.62. The average molecular weight is 350 g/mol. The number of sulfonamides is 1. The number of para-hydroxylation sites is 1. The number of aromatic nitrogens is 1. The Bertz CT molecular complexity index is 745. The molecule has 0 unspecified atom stereocenters. The second kappa shape index (κ2) is 5.47. The van der Waals surface area contributed by atoms with Crippen molar-refractivity contribution in [2.75, 3.05) is 13.1 Å². The number of hydrogen-bond acceptors (Lipinski definition) is 4. The van der Waals surface area contributed by atoms with Gasteiger partial charge in [-0.05, 0) is 25.0 Å². The molecule has 0 aliphatic carbocycles. The first-order chi connectivity index (χ1) is 10.3. The lowest BCUT2D eigenvalue weighted by atomic mass is 9.99. The molecule has 1 saturated heterocycles. The zero-order chi connectivity index (χ0) is 16.0. The zero-order valence-corrected chi connectivity index (χ0v) is 13.0. The normalized spacial score (nSPS) is 18.9. The maximum absolute atomic E-state index is 12.5. The molecule has 0 spiro atoms. The van der Waals surface area contributed by atoms with E-state index in [9.17, 15) is 21.6 Å². The molecule has 22 heavy (non-hydrogen) atoms. The van der Waals surface area contributed by atoms with Crippen LogP contribution in [0.1, 0.15) is 23.8 Å². The van der Waals surface area contributed by atoms with Crippen molar-refractivity contribution in [2.24, 2.45) is 0 Å². The minimum absolute atomic E-state index is 0.0112. The van der Waals surface area contributed by atoms with E-state index < -0.39 is 15.5 Å². The highest BCUT2D eigenvalue weighted by Gasteiger charge is 2.50. The summed E-state index contributed by atoms with van der Waals surface area (Å²) in [5.41, 5.74) is -4.36. The third kappa shape index (κ3) is 2.72. The van der Waals surface area contributed by atoms with Gasteiger partial charge in [0.15, 0.2) is 0 Å². The average Bonchev–Trinajstić information content (AvgIpc) is 2.90. The van der Waals surface area contributed by atoms with E-state index in [-0.39, 0.29) is 19.0 Å². The number of thiazole rings is 1. The van der Waals surface area contributed by atoms with Crippen molar-refractivity contribution < 1.29 is 21.6 Å². The molecule has 0 atom stereocenters. The van der Waals surface area contributed by atoms with Crippen molar-refractivity contribution in [2.45, 2.75) is 24.3 Å². The summed E-state index contributed by atoms with van der Waals surface area (Å²) in [6.45, 7) is -0.245. The monoisotopic (exact) mass is 350 g/mol. The van der Waals surface area contributed by atoms with Gasteiger partial charge in [0.1, 0.15) is 0 Å². The molecule has 0 amide bonds. The Labute approximate surface area is 129 Å². The molecule has 0 N–H and O–H groups in total. The molecule has 2 heterocycles. The largest absolute Gasteiger partial charge is 0.511 e. The fourth-order valence-electron chi connectivity index (χ4n) is 2.55. The number of piperidine rings is 1. The summed E-state index contributed by atoms with van der Waals surface area (Å²) in [5, 5.41) is 0.866. The third-order valence-corrected chi connectivity index (χ3v) is 6.57. The minimum atomic E-state index is -5.23. The van der Waals surface area contributed by atoms with Crippen molar-refractivity contribution >= 4 is 31.6 Å². The Balaban J connectivity index is 1.74. The van der Waals surface area contributed by atoms with Gasteiger partial charge in [-0.15, -0.1) is 11.3 Å². The number of rotatable bonds is 2. The minimum Gasteiger partial charge on any atom is -0.241 e. The highest BCUT2D eigenvalue weighted by molar-refractivity contribution is 7.90. The van der Waals surface area contributed by atoms with Crippen LogP contribution in [0.4, 0.5) is 13.2 Å². The van der Waals surface area contributed by atoms with Crippen molar-refractivity contribution in [3.63, 3.8) is 0 Å². The first-order valence-corrected chi connectivity index (χ1v) is 8.96. The van der Waals surface area contributed by atoms with Crippen LogP contribution in [0.2, 0.25) is 0 Å². The fraction of sp³-hybridized carbons (Fsp3) is 0.462. The Kier molecular flexibility index (Phi) is 3.90. The summed E-state index contributed by atoms with van der Waals surface area (Å²) < 4.78 is 61.9. The summed E-state index contributed by atoms with van der Waals surface area (Å²) in [6.07, 6.45) is 0.713. The van der Waals surface area contributed by atoms with Gasteiger partial charge in [-0.2, -0.15) is 17.5 Å². The first-order valence-electron chi connectivity index (χ1n) is 6.71. The van der Waals surface area contributed by atoms with Crippen LogP contribution in [0.15, 0.2) is 24.3 Å². The van der Waals surface area contributed by atoms with Crippen LogP contribution in [0.3, 0.4) is 0 Å². The molecule has 1 aliphatic rings. The first kappa shape index (κ1) is 15.7. The van der Waals surface area contributed by atoms with E-state index in [1.807, 2.05) is 24.3 Å². The summed E-state index contributed by atoms with van der Waals surface area (Å²) in [4.78, 5) is 4.50. The van der Waals surface area contributed by atoms with Crippen LogP contribution in [-0.4, -0.2) is 36.3 Å². The molecule has 9 heteroatoms. The van der Waals surface area contributed by atoms with Gasteiger partial charge < -0.3 is 0 Å². The lowest BCUT2D eigenvalue weighted by molar-refractivity contribution is -0.0494. The van der Waals surface area contributed by atoms with Crippen molar-refractivity contribution in [3.8, 4) is 0 Å². The van der Waals surface area contributed by atoms with Crippen LogP contribution in [-0.2, 0) is 10.0 Å². The highest BCUT2D eigenvalue weighted by atomic mass is 32.2. The molecule has 0 radical (unpaired) electrons. The molecule has 120 valence electrons. The quantitative estimate of drug-likeness (QED) is 0.835. The third-order valence-electron chi connectivity index (χ3n) is 3.75. The number of nitrogens with zero attached hydrogens (tertiary/aromatic N) is 2. The van der Waals surface area contributed by atoms with Crippen LogP contribution < -0.4 is 0 Å². The second-order valence-electron chi connectivity index (χ2n) is 5.14. The molecule has 0 saturated carbocycles. The van der Waals surface area contributed by atoms with E-state index >= 15 is 0 Å². The molecular weight excluding hydrogens is 337 g/mol. The molecule has 0 bridgehead atoms. The molecule has 1 aromatic heterocycles. The van der Waals surface area contributed by atoms with E-state index in [4.69, 9.17) is 0 Å². The zero-order valence-electron chi connectivity index (χ0n) is 11.4. The van der Waals surface area contributed by atoms with E-state index in [2.05, 4.69) is 4.98 Å². The molecule has 3 rings (SSSR count). The van der Waals surface area contributed by atoms with Gasteiger partial charge in [0, 0.05) is 19.0 Å². The Morgan fingerprint density at radius 3 is 2.41 bits per heavy atom. The van der Waals surface area contributed by atoms with Crippen LogP contribution >= 0.6 is 11.3 Å². The van der Waals surface area contributed by atoms with Gasteiger partial charge in [0.05, 0.1) is 15.2 Å². The molecule has 1 aliphatic heterocycles.